The summed E-state index contributed by atoms with van der Waals surface area (Å²) < 4.78 is 4.59. The maximum atomic E-state index is 12.7. The monoisotopic (exact) mass is 420 g/mol. The van der Waals surface area contributed by atoms with Gasteiger partial charge in [-0.25, -0.2) is 0 Å². The first-order chi connectivity index (χ1) is 14.3. The van der Waals surface area contributed by atoms with Crippen LogP contribution in [0, 0.1) is 13.8 Å². The number of aryl methyl sites for hydroxylation is 2. The second-order valence-electron chi connectivity index (χ2n) is 7.75. The topological polar surface area (TPSA) is 68.9 Å². The number of fused-ring (bicyclic) bond motifs is 1. The number of amides is 1. The average molecular weight is 421 g/mol. The summed E-state index contributed by atoms with van der Waals surface area (Å²) in [5.41, 5.74) is 5.34. The average Bonchev–Trinajstić information content (AvgIpc) is 3.19. The maximum absolute atomic E-state index is 12.7. The Hall–Kier alpha value is -3.19. The van der Waals surface area contributed by atoms with Gasteiger partial charge in [0.25, 0.3) is 5.91 Å². The van der Waals surface area contributed by atoms with E-state index in [1.165, 1.54) is 11.3 Å². The highest BCUT2D eigenvalue weighted by atomic mass is 32.1. The largest absolute Gasteiger partial charge is 0.322 e. The lowest BCUT2D eigenvalue weighted by molar-refractivity contribution is 0.102. The fraction of sp³-hybridized carbons (Fsp3) is 0.261. The van der Waals surface area contributed by atoms with Crippen molar-refractivity contribution in [2.24, 2.45) is 0 Å². The number of hydrogen-bond donors (Lipinski definition) is 1. The molecule has 0 saturated carbocycles. The van der Waals surface area contributed by atoms with Gasteiger partial charge < -0.3 is 5.32 Å². The van der Waals surface area contributed by atoms with Gasteiger partial charge in [0, 0.05) is 23.0 Å². The highest BCUT2D eigenvalue weighted by Gasteiger charge is 2.12. The van der Waals surface area contributed by atoms with Crippen LogP contribution >= 0.6 is 11.3 Å². The van der Waals surface area contributed by atoms with E-state index >= 15 is 0 Å². The predicted molar refractivity (Wildman–Crippen MR) is 122 cm³/mol. The van der Waals surface area contributed by atoms with Gasteiger partial charge in [0.05, 0.1) is 22.5 Å². The van der Waals surface area contributed by atoms with Gasteiger partial charge in [0.2, 0.25) is 0 Å². The molecule has 0 fully saturated rings. The fourth-order valence-corrected chi connectivity index (χ4v) is 4.63. The molecule has 154 valence electrons. The molecule has 2 heterocycles. The Labute approximate surface area is 178 Å². The lowest BCUT2D eigenvalue weighted by Gasteiger charge is -2.09. The van der Waals surface area contributed by atoms with E-state index in [0.717, 1.165) is 27.2 Å². The van der Waals surface area contributed by atoms with Crippen LogP contribution < -0.4 is 10.2 Å². The number of benzene rings is 2. The zero-order valence-electron chi connectivity index (χ0n) is 17.5. The quantitative estimate of drug-likeness (QED) is 0.506. The molecular formula is C23H24N4O2S. The molecule has 0 radical (unpaired) electrons. The Morgan fingerprint density at radius 1 is 1.10 bits per heavy atom. The summed E-state index contributed by atoms with van der Waals surface area (Å²) in [5.74, 6) is -0.178. The Kier molecular flexibility index (Phi) is 5.30. The van der Waals surface area contributed by atoms with Crippen LogP contribution in [0.2, 0.25) is 0 Å². The SMILES string of the molecule is Cc1cc(C)n(Cc2ccc(C(=O)Nc3ccc4c(c3)sc(=O)n4C(C)C)cc2)n1. The molecule has 0 bridgehead atoms. The molecule has 4 aromatic rings. The van der Waals surface area contributed by atoms with Crippen LogP contribution in [-0.4, -0.2) is 20.3 Å². The summed E-state index contributed by atoms with van der Waals surface area (Å²) in [6.45, 7) is 8.66. The molecule has 0 aliphatic heterocycles. The molecule has 6 nitrogen and oxygen atoms in total. The normalized spacial score (nSPS) is 11.4. The molecule has 1 amide bonds. The van der Waals surface area contributed by atoms with E-state index in [1.54, 1.807) is 4.57 Å². The molecule has 7 heteroatoms. The lowest BCUT2D eigenvalue weighted by atomic mass is 10.1. The van der Waals surface area contributed by atoms with E-state index in [-0.39, 0.29) is 16.8 Å². The number of nitrogens with zero attached hydrogens (tertiary/aromatic N) is 3. The number of aromatic nitrogens is 3. The minimum atomic E-state index is -0.178. The van der Waals surface area contributed by atoms with Gasteiger partial charge in [0.1, 0.15) is 0 Å². The van der Waals surface area contributed by atoms with E-state index in [4.69, 9.17) is 0 Å². The predicted octanol–water partition coefficient (Wildman–Crippen LogP) is 4.76. The van der Waals surface area contributed by atoms with Crippen LogP contribution in [0.1, 0.15) is 47.2 Å². The van der Waals surface area contributed by atoms with E-state index < -0.39 is 0 Å². The number of rotatable bonds is 5. The molecule has 0 unspecified atom stereocenters. The third kappa shape index (κ3) is 3.93. The van der Waals surface area contributed by atoms with Crippen molar-refractivity contribution < 1.29 is 4.79 Å². The van der Waals surface area contributed by atoms with Crippen molar-refractivity contribution in [3.63, 3.8) is 0 Å². The van der Waals surface area contributed by atoms with Crippen molar-refractivity contribution in [2.45, 2.75) is 40.3 Å². The summed E-state index contributed by atoms with van der Waals surface area (Å²) in [7, 11) is 0. The van der Waals surface area contributed by atoms with Gasteiger partial charge in [0.15, 0.2) is 0 Å². The molecule has 2 aromatic carbocycles. The summed E-state index contributed by atoms with van der Waals surface area (Å²) in [5, 5.41) is 7.41. The highest BCUT2D eigenvalue weighted by molar-refractivity contribution is 7.16. The van der Waals surface area contributed by atoms with Crippen molar-refractivity contribution in [2.75, 3.05) is 5.32 Å². The number of carbonyl (C=O) groups excluding carboxylic acids is 1. The van der Waals surface area contributed by atoms with Crippen LogP contribution in [0.15, 0.2) is 53.3 Å². The standard InChI is InChI=1S/C23H24N4O2S/c1-14(2)27-20-10-9-19(12-21(20)30-23(27)29)24-22(28)18-7-5-17(6-8-18)13-26-16(4)11-15(3)25-26/h5-12,14H,13H2,1-4H3,(H,24,28). The highest BCUT2D eigenvalue weighted by Crippen LogP contribution is 2.24. The molecule has 0 atom stereocenters. The molecule has 0 spiro atoms. The van der Waals surface area contributed by atoms with Crippen LogP contribution in [0.25, 0.3) is 10.2 Å². The third-order valence-corrected chi connectivity index (χ3v) is 5.96. The molecule has 0 aliphatic rings. The third-order valence-electron chi connectivity index (χ3n) is 5.04. The molecule has 0 aliphatic carbocycles. The maximum Gasteiger partial charge on any atom is 0.308 e. The van der Waals surface area contributed by atoms with Crippen molar-refractivity contribution in [3.8, 4) is 0 Å². The van der Waals surface area contributed by atoms with E-state index in [2.05, 4.69) is 10.4 Å². The summed E-state index contributed by atoms with van der Waals surface area (Å²) in [6.07, 6.45) is 0. The van der Waals surface area contributed by atoms with Gasteiger partial charge in [-0.2, -0.15) is 5.10 Å². The van der Waals surface area contributed by atoms with Gasteiger partial charge in [-0.15, -0.1) is 0 Å². The number of nitrogens with one attached hydrogen (secondary N) is 1. The Bertz CT molecular complexity index is 1280. The first kappa shape index (κ1) is 20.1. The van der Waals surface area contributed by atoms with Gasteiger partial charge in [-0.1, -0.05) is 23.5 Å². The summed E-state index contributed by atoms with van der Waals surface area (Å²) in [4.78, 5) is 24.9. The first-order valence-electron chi connectivity index (χ1n) is 9.88. The molecule has 2 aromatic heterocycles. The Morgan fingerprint density at radius 3 is 2.47 bits per heavy atom. The van der Waals surface area contributed by atoms with Gasteiger partial charge in [-0.3, -0.25) is 18.8 Å². The number of anilines is 1. The molecule has 4 rings (SSSR count). The van der Waals surface area contributed by atoms with E-state index in [9.17, 15) is 9.59 Å². The number of hydrogen-bond acceptors (Lipinski definition) is 4. The van der Waals surface area contributed by atoms with Crippen molar-refractivity contribution >= 4 is 33.1 Å². The zero-order chi connectivity index (χ0) is 21.4. The van der Waals surface area contributed by atoms with Crippen LogP contribution in [0.3, 0.4) is 0 Å². The Morgan fingerprint density at radius 2 is 1.83 bits per heavy atom. The number of thiazole rings is 1. The van der Waals surface area contributed by atoms with Crippen molar-refractivity contribution in [1.82, 2.24) is 14.3 Å². The zero-order valence-corrected chi connectivity index (χ0v) is 18.3. The van der Waals surface area contributed by atoms with Crippen LogP contribution in [-0.2, 0) is 6.54 Å². The van der Waals surface area contributed by atoms with Crippen LogP contribution in [0.4, 0.5) is 5.69 Å². The minimum Gasteiger partial charge on any atom is -0.322 e. The second kappa shape index (κ2) is 7.91. The van der Waals surface area contributed by atoms with Gasteiger partial charge in [-0.05, 0) is 69.7 Å². The van der Waals surface area contributed by atoms with Gasteiger partial charge >= 0.3 is 4.87 Å². The van der Waals surface area contributed by atoms with E-state index in [0.29, 0.717) is 17.8 Å². The van der Waals surface area contributed by atoms with Crippen LogP contribution in [0.5, 0.6) is 0 Å². The molecule has 1 N–H and O–H groups in total. The molecule has 0 saturated heterocycles. The minimum absolute atomic E-state index is 0.0154. The smallest absolute Gasteiger partial charge is 0.308 e. The number of carbonyl (C=O) groups is 1. The molecule has 30 heavy (non-hydrogen) atoms. The lowest BCUT2D eigenvalue weighted by Crippen LogP contribution is -2.14. The second-order valence-corrected chi connectivity index (χ2v) is 8.74. The van der Waals surface area contributed by atoms with Crippen molar-refractivity contribution in [3.05, 3.63) is 80.7 Å². The van der Waals surface area contributed by atoms with Crippen molar-refractivity contribution in [1.29, 1.82) is 0 Å². The fourth-order valence-electron chi connectivity index (χ4n) is 3.58. The Balaban J connectivity index is 1.49. The van der Waals surface area contributed by atoms with E-state index in [1.807, 2.05) is 80.9 Å². The first-order valence-corrected chi connectivity index (χ1v) is 10.7. The molecular weight excluding hydrogens is 396 g/mol. The summed E-state index contributed by atoms with van der Waals surface area (Å²) >= 11 is 1.20. The summed E-state index contributed by atoms with van der Waals surface area (Å²) in [6, 6.07) is 15.3.